The topological polar surface area (TPSA) is 64.1 Å². The molecule has 6 heteroatoms. The van der Waals surface area contributed by atoms with Crippen LogP contribution in [0.15, 0.2) is 30.3 Å². The lowest BCUT2D eigenvalue weighted by molar-refractivity contribution is -0.114. The van der Waals surface area contributed by atoms with Crippen LogP contribution in [-0.4, -0.2) is 23.0 Å². The van der Waals surface area contributed by atoms with Gasteiger partial charge in [0.25, 0.3) is 0 Å². The monoisotopic (exact) mass is 277 g/mol. The lowest BCUT2D eigenvalue weighted by Gasteiger charge is -2.06. The zero-order valence-electron chi connectivity index (χ0n) is 10.5. The predicted octanol–water partition coefficient (Wildman–Crippen LogP) is 2.76. The van der Waals surface area contributed by atoms with Gasteiger partial charge >= 0.3 is 0 Å². The van der Waals surface area contributed by atoms with Crippen molar-refractivity contribution >= 4 is 23.5 Å². The molecule has 0 saturated heterocycles. The molecule has 0 aliphatic heterocycles. The van der Waals surface area contributed by atoms with Gasteiger partial charge in [-0.3, -0.25) is 10.1 Å². The lowest BCUT2D eigenvalue weighted by atomic mass is 10.1. The minimum atomic E-state index is -0.247. The van der Waals surface area contributed by atoms with Gasteiger partial charge in [0.05, 0.1) is 12.8 Å². The number of anilines is 1. The summed E-state index contributed by atoms with van der Waals surface area (Å²) in [6, 6.07) is 8.99. The highest BCUT2D eigenvalue weighted by atomic mass is 35.5. The van der Waals surface area contributed by atoms with Crippen LogP contribution in [0, 0.1) is 0 Å². The number of methoxy groups -OCH3 is 1. The van der Waals surface area contributed by atoms with E-state index in [2.05, 4.69) is 15.3 Å². The Kier molecular flexibility index (Phi) is 3.97. The van der Waals surface area contributed by atoms with Crippen LogP contribution in [0.2, 0.25) is 5.15 Å². The fourth-order valence-corrected chi connectivity index (χ4v) is 1.72. The summed E-state index contributed by atoms with van der Waals surface area (Å²) < 4.78 is 5.09. The molecule has 0 fully saturated rings. The van der Waals surface area contributed by atoms with Crippen molar-refractivity contribution in [1.29, 1.82) is 0 Å². The Bertz CT molecular complexity index is 599. The van der Waals surface area contributed by atoms with Crippen molar-refractivity contribution in [3.63, 3.8) is 0 Å². The third-order valence-corrected chi connectivity index (χ3v) is 2.56. The molecule has 1 amide bonds. The third kappa shape index (κ3) is 3.42. The summed E-state index contributed by atoms with van der Waals surface area (Å²) in [5.41, 5.74) is 1.49. The van der Waals surface area contributed by atoms with Crippen molar-refractivity contribution in [1.82, 2.24) is 9.97 Å². The second-order valence-electron chi connectivity index (χ2n) is 3.81. The van der Waals surface area contributed by atoms with E-state index < -0.39 is 0 Å². The number of amides is 1. The van der Waals surface area contributed by atoms with Gasteiger partial charge in [0.2, 0.25) is 11.9 Å². The van der Waals surface area contributed by atoms with Crippen molar-refractivity contribution < 1.29 is 9.53 Å². The molecule has 0 spiro atoms. The minimum absolute atomic E-state index is 0.186. The number of benzene rings is 1. The highest BCUT2D eigenvalue weighted by Gasteiger charge is 2.07. The second-order valence-corrected chi connectivity index (χ2v) is 4.20. The third-order valence-electron chi connectivity index (χ3n) is 2.37. The zero-order valence-corrected chi connectivity index (χ0v) is 11.2. The molecule has 0 aliphatic carbocycles. The van der Waals surface area contributed by atoms with E-state index in [1.165, 1.54) is 6.92 Å². The summed E-state index contributed by atoms with van der Waals surface area (Å²) >= 11 is 5.91. The molecule has 19 heavy (non-hydrogen) atoms. The van der Waals surface area contributed by atoms with E-state index in [4.69, 9.17) is 16.3 Å². The Balaban J connectivity index is 2.37. The molecule has 0 atom stereocenters. The van der Waals surface area contributed by atoms with Gasteiger partial charge in [-0.05, 0) is 24.3 Å². The number of hydrogen-bond acceptors (Lipinski definition) is 4. The number of aromatic nitrogens is 2. The summed E-state index contributed by atoms with van der Waals surface area (Å²) in [6.45, 7) is 1.39. The van der Waals surface area contributed by atoms with Crippen LogP contribution in [0.25, 0.3) is 11.3 Å². The van der Waals surface area contributed by atoms with E-state index in [0.717, 1.165) is 11.3 Å². The molecular formula is C13H12ClN3O2. The lowest BCUT2D eigenvalue weighted by Crippen LogP contribution is -2.09. The molecule has 0 unspecified atom stereocenters. The van der Waals surface area contributed by atoms with Gasteiger partial charge < -0.3 is 4.74 Å². The largest absolute Gasteiger partial charge is 0.497 e. The van der Waals surface area contributed by atoms with Crippen LogP contribution in [0.3, 0.4) is 0 Å². The molecule has 5 nitrogen and oxygen atoms in total. The summed E-state index contributed by atoms with van der Waals surface area (Å²) in [5.74, 6) is 0.694. The first-order valence-corrected chi connectivity index (χ1v) is 5.93. The van der Waals surface area contributed by atoms with Gasteiger partial charge in [-0.2, -0.15) is 0 Å². The van der Waals surface area contributed by atoms with E-state index in [-0.39, 0.29) is 17.0 Å². The van der Waals surface area contributed by atoms with E-state index >= 15 is 0 Å². The smallest absolute Gasteiger partial charge is 0.231 e. The first kappa shape index (κ1) is 13.3. The number of carbonyl (C=O) groups is 1. The molecule has 0 aliphatic rings. The zero-order chi connectivity index (χ0) is 13.8. The van der Waals surface area contributed by atoms with Gasteiger partial charge in [0.1, 0.15) is 10.9 Å². The van der Waals surface area contributed by atoms with Crippen LogP contribution in [0.1, 0.15) is 6.92 Å². The second kappa shape index (κ2) is 5.67. The Labute approximate surface area is 115 Å². The van der Waals surface area contributed by atoms with Crippen molar-refractivity contribution in [2.75, 3.05) is 12.4 Å². The number of rotatable bonds is 3. The van der Waals surface area contributed by atoms with Gasteiger partial charge in [-0.15, -0.1) is 0 Å². The summed E-state index contributed by atoms with van der Waals surface area (Å²) in [7, 11) is 1.60. The standard InChI is InChI=1S/C13H12ClN3O2/c1-8(18)15-13-16-11(7-12(14)17-13)9-3-5-10(19-2)6-4-9/h3-7H,1-2H3,(H,15,16,17,18). The van der Waals surface area contributed by atoms with E-state index in [9.17, 15) is 4.79 Å². The van der Waals surface area contributed by atoms with Crippen molar-refractivity contribution in [2.45, 2.75) is 6.92 Å². The van der Waals surface area contributed by atoms with Gasteiger partial charge in [-0.1, -0.05) is 11.6 Å². The number of nitrogens with zero attached hydrogens (tertiary/aromatic N) is 2. The molecule has 1 aromatic carbocycles. The molecule has 0 radical (unpaired) electrons. The van der Waals surface area contributed by atoms with E-state index in [0.29, 0.717) is 5.69 Å². The normalized spacial score (nSPS) is 10.1. The average Bonchev–Trinajstić information content (AvgIpc) is 2.37. The SMILES string of the molecule is COc1ccc(-c2cc(Cl)nc(NC(C)=O)n2)cc1. The van der Waals surface area contributed by atoms with Gasteiger partial charge in [-0.25, -0.2) is 9.97 Å². The molecule has 2 aromatic rings. The maximum Gasteiger partial charge on any atom is 0.231 e. The van der Waals surface area contributed by atoms with E-state index in [1.807, 2.05) is 24.3 Å². The van der Waals surface area contributed by atoms with Gasteiger partial charge in [0.15, 0.2) is 0 Å². The Morgan fingerprint density at radius 3 is 2.53 bits per heavy atom. The Morgan fingerprint density at radius 2 is 1.95 bits per heavy atom. The quantitative estimate of drug-likeness (QED) is 0.876. The molecule has 1 aromatic heterocycles. The molecule has 1 heterocycles. The molecular weight excluding hydrogens is 266 g/mol. The molecule has 0 saturated carbocycles. The number of ether oxygens (including phenoxy) is 1. The first-order chi connectivity index (χ1) is 9.08. The number of hydrogen-bond donors (Lipinski definition) is 1. The summed E-state index contributed by atoms with van der Waals surface area (Å²) in [6.07, 6.45) is 0. The minimum Gasteiger partial charge on any atom is -0.497 e. The average molecular weight is 278 g/mol. The summed E-state index contributed by atoms with van der Waals surface area (Å²) in [4.78, 5) is 19.2. The number of halogens is 1. The number of nitrogens with one attached hydrogen (secondary N) is 1. The van der Waals surface area contributed by atoms with E-state index in [1.54, 1.807) is 13.2 Å². The van der Waals surface area contributed by atoms with Crippen LogP contribution in [-0.2, 0) is 4.79 Å². The van der Waals surface area contributed by atoms with Gasteiger partial charge in [0, 0.05) is 18.6 Å². The fraction of sp³-hybridized carbons (Fsp3) is 0.154. The Hall–Kier alpha value is -2.14. The highest BCUT2D eigenvalue weighted by molar-refractivity contribution is 6.29. The first-order valence-electron chi connectivity index (χ1n) is 5.55. The van der Waals surface area contributed by atoms with Crippen molar-refractivity contribution in [2.24, 2.45) is 0 Å². The maximum absolute atomic E-state index is 11.0. The van der Waals surface area contributed by atoms with Crippen LogP contribution < -0.4 is 10.1 Å². The molecule has 98 valence electrons. The molecule has 2 rings (SSSR count). The van der Waals surface area contributed by atoms with Crippen LogP contribution in [0.5, 0.6) is 5.75 Å². The van der Waals surface area contributed by atoms with Crippen LogP contribution in [0.4, 0.5) is 5.95 Å². The Morgan fingerprint density at radius 1 is 1.26 bits per heavy atom. The molecule has 1 N–H and O–H groups in total. The summed E-state index contributed by atoms with van der Waals surface area (Å²) in [5, 5.41) is 2.78. The van der Waals surface area contributed by atoms with Crippen molar-refractivity contribution in [3.8, 4) is 17.0 Å². The maximum atomic E-state index is 11.0. The fourth-order valence-electron chi connectivity index (χ4n) is 1.54. The number of carbonyl (C=O) groups excluding carboxylic acids is 1. The molecule has 0 bridgehead atoms. The van der Waals surface area contributed by atoms with Crippen LogP contribution >= 0.6 is 11.6 Å². The predicted molar refractivity (Wildman–Crippen MR) is 73.3 cm³/mol. The highest BCUT2D eigenvalue weighted by Crippen LogP contribution is 2.23. The van der Waals surface area contributed by atoms with Crippen molar-refractivity contribution in [3.05, 3.63) is 35.5 Å².